The highest BCUT2D eigenvalue weighted by Crippen LogP contribution is 2.39. The van der Waals surface area contributed by atoms with Crippen molar-refractivity contribution in [2.75, 3.05) is 19.1 Å². The Labute approximate surface area is 264 Å². The molecule has 0 radical (unpaired) electrons. The van der Waals surface area contributed by atoms with Gasteiger partial charge >= 0.3 is 0 Å². The number of hydrogen-bond donors (Lipinski definition) is 0. The van der Waals surface area contributed by atoms with Crippen LogP contribution in [0.2, 0.25) is 0 Å². The molecule has 0 spiro atoms. The molecule has 0 aliphatic rings. The maximum atomic E-state index is 6.25. The van der Waals surface area contributed by atoms with Gasteiger partial charge in [-0.05, 0) is 71.8 Å². The highest BCUT2D eigenvalue weighted by Gasteiger charge is 2.15. The van der Waals surface area contributed by atoms with Crippen molar-refractivity contribution in [1.82, 2.24) is 0 Å². The minimum Gasteiger partial charge on any atom is -0.497 e. The fraction of sp³-hybridized carbons (Fsp3) is 0.0500. The van der Waals surface area contributed by atoms with Gasteiger partial charge in [-0.25, -0.2) is 0 Å². The second kappa shape index (κ2) is 14.0. The van der Waals surface area contributed by atoms with E-state index < -0.39 is 0 Å². The molecule has 5 nitrogen and oxygen atoms in total. The van der Waals surface area contributed by atoms with E-state index in [1.165, 1.54) is 0 Å². The maximum Gasteiger partial charge on any atom is 0.131 e. The average Bonchev–Trinajstić information content (AvgIpc) is 3.09. The Balaban J connectivity index is 1.35. The van der Waals surface area contributed by atoms with E-state index in [4.69, 9.17) is 18.9 Å². The fourth-order valence-electron chi connectivity index (χ4n) is 4.91. The molecule has 0 atom stereocenters. The van der Waals surface area contributed by atoms with Crippen LogP contribution in [0.15, 0.2) is 152 Å². The number of methoxy groups -OCH3 is 2. The maximum absolute atomic E-state index is 6.25. The Morgan fingerprint density at radius 3 is 1.29 bits per heavy atom. The molecule has 6 aromatic carbocycles. The number of rotatable bonds is 11. The smallest absolute Gasteiger partial charge is 0.131 e. The lowest BCUT2D eigenvalue weighted by atomic mass is 10.1. The summed E-state index contributed by atoms with van der Waals surface area (Å²) in [5.74, 6) is 4.27. The van der Waals surface area contributed by atoms with Crippen molar-refractivity contribution in [3.8, 4) is 34.5 Å². The third-order valence-electron chi connectivity index (χ3n) is 7.12. The van der Waals surface area contributed by atoms with Gasteiger partial charge in [-0.2, -0.15) is 0 Å². The van der Waals surface area contributed by atoms with Gasteiger partial charge in [0.25, 0.3) is 0 Å². The topological polar surface area (TPSA) is 40.2 Å². The molecule has 0 heterocycles. The van der Waals surface area contributed by atoms with Crippen LogP contribution in [0.3, 0.4) is 0 Å². The van der Waals surface area contributed by atoms with Gasteiger partial charge in [-0.3, -0.25) is 0 Å². The van der Waals surface area contributed by atoms with Gasteiger partial charge in [-0.15, -0.1) is 0 Å². The lowest BCUT2D eigenvalue weighted by Gasteiger charge is -2.26. The molecule has 0 aliphatic carbocycles. The largest absolute Gasteiger partial charge is 0.497 e. The van der Waals surface area contributed by atoms with Crippen LogP contribution < -0.4 is 23.8 Å². The molecule has 0 amide bonds. The summed E-state index contributed by atoms with van der Waals surface area (Å²) >= 11 is 0. The Kier molecular flexibility index (Phi) is 9.08. The van der Waals surface area contributed by atoms with E-state index in [0.29, 0.717) is 23.0 Å². The van der Waals surface area contributed by atoms with Crippen LogP contribution >= 0.6 is 0 Å². The molecule has 5 heteroatoms. The summed E-state index contributed by atoms with van der Waals surface area (Å²) in [4.78, 5) is 2.18. The molecule has 0 fully saturated rings. The Bertz CT molecular complexity index is 1790. The van der Waals surface area contributed by atoms with Crippen LogP contribution in [0, 0.1) is 0 Å². The summed E-state index contributed by atoms with van der Waals surface area (Å²) < 4.78 is 23.3. The van der Waals surface area contributed by atoms with Crippen molar-refractivity contribution in [1.29, 1.82) is 0 Å². The zero-order chi connectivity index (χ0) is 30.8. The molecular formula is C40H33NO4. The van der Waals surface area contributed by atoms with Gasteiger partial charge in [0.2, 0.25) is 0 Å². The number of ether oxygens (including phenoxy) is 4. The van der Waals surface area contributed by atoms with Crippen molar-refractivity contribution < 1.29 is 18.9 Å². The summed E-state index contributed by atoms with van der Waals surface area (Å²) in [5.41, 5.74) is 5.11. The first-order valence-corrected chi connectivity index (χ1v) is 14.6. The predicted octanol–water partition coefficient (Wildman–Crippen LogP) is 10.9. The normalized spacial score (nSPS) is 10.8. The first kappa shape index (κ1) is 29.1. The fourth-order valence-corrected chi connectivity index (χ4v) is 4.91. The second-order valence-corrected chi connectivity index (χ2v) is 10.2. The van der Waals surface area contributed by atoms with Gasteiger partial charge in [0.05, 0.1) is 14.2 Å². The summed E-state index contributed by atoms with van der Waals surface area (Å²) in [6.07, 6.45) is 4.24. The highest BCUT2D eigenvalue weighted by molar-refractivity contribution is 5.79. The molecule has 222 valence electrons. The van der Waals surface area contributed by atoms with Crippen molar-refractivity contribution in [3.63, 3.8) is 0 Å². The van der Waals surface area contributed by atoms with Crippen molar-refractivity contribution in [3.05, 3.63) is 163 Å². The van der Waals surface area contributed by atoms with E-state index in [2.05, 4.69) is 65.6 Å². The van der Waals surface area contributed by atoms with E-state index in [0.717, 1.165) is 39.7 Å². The zero-order valence-corrected chi connectivity index (χ0v) is 25.2. The van der Waals surface area contributed by atoms with Crippen molar-refractivity contribution >= 4 is 29.2 Å². The van der Waals surface area contributed by atoms with Gasteiger partial charge in [0.15, 0.2) is 0 Å². The first-order chi connectivity index (χ1) is 22.2. The third kappa shape index (κ3) is 7.53. The van der Waals surface area contributed by atoms with Crippen LogP contribution in [-0.2, 0) is 0 Å². The number of nitrogens with zero attached hydrogens (tertiary/aromatic N) is 1. The lowest BCUT2D eigenvalue weighted by Crippen LogP contribution is -2.10. The minimum absolute atomic E-state index is 0.696. The van der Waals surface area contributed by atoms with Crippen LogP contribution in [0.1, 0.15) is 11.1 Å². The SMILES string of the molecule is COc1cccc(Oc2cccc(N(c3ccc(C=Cc4ccccc4)cc3)c3cccc(Oc4cccc(OC)c4)c3)c2)c1. The van der Waals surface area contributed by atoms with Gasteiger partial charge < -0.3 is 23.8 Å². The molecule has 6 rings (SSSR count). The molecule has 0 bridgehead atoms. The molecule has 0 aliphatic heterocycles. The molecule has 6 aromatic rings. The van der Waals surface area contributed by atoms with E-state index in [-0.39, 0.29) is 0 Å². The number of hydrogen-bond acceptors (Lipinski definition) is 5. The van der Waals surface area contributed by atoms with E-state index in [9.17, 15) is 0 Å². The first-order valence-electron chi connectivity index (χ1n) is 14.6. The summed E-state index contributed by atoms with van der Waals surface area (Å²) in [7, 11) is 3.29. The van der Waals surface area contributed by atoms with Gasteiger partial charge in [-0.1, -0.05) is 78.9 Å². The monoisotopic (exact) mass is 591 g/mol. The van der Waals surface area contributed by atoms with E-state index >= 15 is 0 Å². The lowest BCUT2D eigenvalue weighted by molar-refractivity contribution is 0.409. The Morgan fingerprint density at radius 2 is 0.800 bits per heavy atom. The summed E-state index contributed by atoms with van der Waals surface area (Å²) in [6, 6.07) is 50.0. The van der Waals surface area contributed by atoms with E-state index in [1.807, 2.05) is 103 Å². The van der Waals surface area contributed by atoms with Crippen molar-refractivity contribution in [2.45, 2.75) is 0 Å². The molecule has 45 heavy (non-hydrogen) atoms. The molecule has 0 saturated heterocycles. The van der Waals surface area contributed by atoms with Crippen LogP contribution in [0.4, 0.5) is 17.1 Å². The van der Waals surface area contributed by atoms with Crippen molar-refractivity contribution in [2.24, 2.45) is 0 Å². The molecule has 0 saturated carbocycles. The minimum atomic E-state index is 0.696. The summed E-state index contributed by atoms with van der Waals surface area (Å²) in [6.45, 7) is 0. The van der Waals surface area contributed by atoms with Gasteiger partial charge in [0, 0.05) is 41.3 Å². The molecule has 0 N–H and O–H groups in total. The van der Waals surface area contributed by atoms with Crippen LogP contribution in [0.25, 0.3) is 12.2 Å². The van der Waals surface area contributed by atoms with Crippen LogP contribution in [0.5, 0.6) is 34.5 Å². The third-order valence-corrected chi connectivity index (χ3v) is 7.12. The Hall–Kier alpha value is -5.94. The van der Waals surface area contributed by atoms with E-state index in [1.54, 1.807) is 14.2 Å². The number of benzene rings is 6. The standard InChI is InChI=1S/C40H33NO4/c1-42-35-14-8-18-39(28-35)44-37-16-6-12-33(26-37)41(32-24-22-31(23-25-32)21-20-30-10-4-3-5-11-30)34-13-7-17-38(27-34)45-40-19-9-15-36(29-40)43-2/h3-29H,1-2H3. The quantitative estimate of drug-likeness (QED) is 0.140. The zero-order valence-electron chi connectivity index (χ0n) is 25.2. The predicted molar refractivity (Wildman–Crippen MR) is 183 cm³/mol. The van der Waals surface area contributed by atoms with Crippen LogP contribution in [-0.4, -0.2) is 14.2 Å². The molecular weight excluding hydrogens is 558 g/mol. The Morgan fingerprint density at radius 1 is 0.378 bits per heavy atom. The summed E-state index contributed by atoms with van der Waals surface area (Å²) in [5, 5.41) is 0. The van der Waals surface area contributed by atoms with Gasteiger partial charge in [0.1, 0.15) is 34.5 Å². The average molecular weight is 592 g/mol. The molecule has 0 unspecified atom stereocenters. The molecule has 0 aromatic heterocycles. The highest BCUT2D eigenvalue weighted by atomic mass is 16.5. The number of anilines is 3. The second-order valence-electron chi connectivity index (χ2n) is 10.2.